The van der Waals surface area contributed by atoms with E-state index in [1.807, 2.05) is 13.8 Å². The third kappa shape index (κ3) is 5.74. The first kappa shape index (κ1) is 17.5. The molecular weight excluding hydrogens is 266 g/mol. The molecule has 1 fully saturated rings. The zero-order valence-corrected chi connectivity index (χ0v) is 13.2. The Morgan fingerprint density at radius 3 is 2.33 bits per heavy atom. The van der Waals surface area contributed by atoms with Gasteiger partial charge in [-0.25, -0.2) is 0 Å². The molecule has 1 rings (SSSR count). The number of hydrogen-bond acceptors (Lipinski definition) is 3. The van der Waals surface area contributed by atoms with Gasteiger partial charge in [-0.15, -0.1) is 0 Å². The van der Waals surface area contributed by atoms with Crippen LogP contribution in [0.4, 0.5) is 0 Å². The van der Waals surface area contributed by atoms with Crippen molar-refractivity contribution in [3.05, 3.63) is 0 Å². The van der Waals surface area contributed by atoms with E-state index < -0.39 is 5.41 Å². The van der Waals surface area contributed by atoms with E-state index in [1.54, 1.807) is 0 Å². The Morgan fingerprint density at radius 1 is 1.24 bits per heavy atom. The molecule has 0 heterocycles. The lowest BCUT2D eigenvalue weighted by Gasteiger charge is -2.24. The van der Waals surface area contributed by atoms with Crippen molar-refractivity contribution in [3.8, 4) is 6.07 Å². The van der Waals surface area contributed by atoms with Gasteiger partial charge in [0, 0.05) is 19.0 Å². The average molecular weight is 293 g/mol. The largest absolute Gasteiger partial charge is 0.355 e. The van der Waals surface area contributed by atoms with Crippen LogP contribution in [0.25, 0.3) is 0 Å². The summed E-state index contributed by atoms with van der Waals surface area (Å²) in [4.78, 5) is 23.8. The molecule has 1 aliphatic carbocycles. The molecule has 5 heteroatoms. The predicted octanol–water partition coefficient (Wildman–Crippen LogP) is 2.27. The Kier molecular flexibility index (Phi) is 7.21. The van der Waals surface area contributed by atoms with Crippen LogP contribution < -0.4 is 10.6 Å². The van der Waals surface area contributed by atoms with Crippen LogP contribution in [0.3, 0.4) is 0 Å². The SMILES string of the molecule is CCCC(C#N)(CCC)C(=O)NCCCC(=O)NC1CC1. The number of hydrogen-bond donors (Lipinski definition) is 2. The second-order valence-corrected chi connectivity index (χ2v) is 5.90. The van der Waals surface area contributed by atoms with Crippen LogP contribution in [0.2, 0.25) is 0 Å². The molecule has 1 saturated carbocycles. The van der Waals surface area contributed by atoms with Gasteiger partial charge < -0.3 is 10.6 Å². The van der Waals surface area contributed by atoms with E-state index in [4.69, 9.17) is 0 Å². The summed E-state index contributed by atoms with van der Waals surface area (Å²) in [5.41, 5.74) is -0.903. The van der Waals surface area contributed by atoms with Crippen LogP contribution in [0.15, 0.2) is 0 Å². The van der Waals surface area contributed by atoms with Crippen LogP contribution in [0.1, 0.15) is 65.2 Å². The quantitative estimate of drug-likeness (QED) is 0.606. The normalized spacial score (nSPS) is 14.3. The monoisotopic (exact) mass is 293 g/mol. The smallest absolute Gasteiger partial charge is 0.240 e. The lowest BCUT2D eigenvalue weighted by atomic mass is 9.80. The molecule has 2 amide bonds. The number of nitriles is 1. The van der Waals surface area contributed by atoms with Crippen LogP contribution in [-0.4, -0.2) is 24.4 Å². The predicted molar refractivity (Wildman–Crippen MR) is 81.3 cm³/mol. The number of rotatable bonds is 10. The standard InChI is InChI=1S/C16H27N3O2/c1-3-9-16(12-17,10-4-2)15(21)18-11-5-6-14(20)19-13-7-8-13/h13H,3-11H2,1-2H3,(H,18,21)(H,19,20). The first-order valence-corrected chi connectivity index (χ1v) is 8.07. The number of nitrogens with one attached hydrogen (secondary N) is 2. The van der Waals surface area contributed by atoms with Crippen molar-refractivity contribution < 1.29 is 9.59 Å². The Balaban J connectivity index is 2.32. The van der Waals surface area contributed by atoms with Gasteiger partial charge >= 0.3 is 0 Å². The molecule has 0 aromatic carbocycles. The molecule has 21 heavy (non-hydrogen) atoms. The zero-order valence-electron chi connectivity index (χ0n) is 13.2. The van der Waals surface area contributed by atoms with Gasteiger partial charge in [-0.2, -0.15) is 5.26 Å². The molecule has 0 atom stereocenters. The van der Waals surface area contributed by atoms with Crippen molar-refractivity contribution in [1.29, 1.82) is 5.26 Å². The molecule has 5 nitrogen and oxygen atoms in total. The molecule has 2 N–H and O–H groups in total. The van der Waals surface area contributed by atoms with E-state index in [-0.39, 0.29) is 11.8 Å². The molecule has 0 spiro atoms. The van der Waals surface area contributed by atoms with Crippen LogP contribution >= 0.6 is 0 Å². The first-order valence-electron chi connectivity index (χ1n) is 8.07. The number of amides is 2. The van der Waals surface area contributed by atoms with E-state index >= 15 is 0 Å². The molecule has 0 unspecified atom stereocenters. The van der Waals surface area contributed by atoms with E-state index in [2.05, 4.69) is 16.7 Å². The van der Waals surface area contributed by atoms with Crippen molar-refractivity contribution in [2.45, 2.75) is 71.3 Å². The maximum atomic E-state index is 12.3. The summed E-state index contributed by atoms with van der Waals surface area (Å²) in [7, 11) is 0. The highest BCUT2D eigenvalue weighted by molar-refractivity contribution is 5.85. The van der Waals surface area contributed by atoms with Crippen molar-refractivity contribution >= 4 is 11.8 Å². The Morgan fingerprint density at radius 2 is 1.86 bits per heavy atom. The molecule has 0 aliphatic heterocycles. The lowest BCUT2D eigenvalue weighted by molar-refractivity contribution is -0.129. The van der Waals surface area contributed by atoms with Gasteiger partial charge in [0.25, 0.3) is 0 Å². The molecule has 0 aromatic heterocycles. The maximum Gasteiger partial charge on any atom is 0.240 e. The summed E-state index contributed by atoms with van der Waals surface area (Å²) in [5, 5.41) is 15.1. The molecule has 0 saturated heterocycles. The Hall–Kier alpha value is -1.57. The zero-order chi connectivity index (χ0) is 15.7. The van der Waals surface area contributed by atoms with Crippen molar-refractivity contribution in [3.63, 3.8) is 0 Å². The minimum Gasteiger partial charge on any atom is -0.355 e. The van der Waals surface area contributed by atoms with Crippen molar-refractivity contribution in [2.24, 2.45) is 5.41 Å². The molecule has 118 valence electrons. The van der Waals surface area contributed by atoms with Crippen LogP contribution in [0, 0.1) is 16.7 Å². The highest BCUT2D eigenvalue weighted by atomic mass is 16.2. The van der Waals surface area contributed by atoms with Crippen LogP contribution in [0.5, 0.6) is 0 Å². The maximum absolute atomic E-state index is 12.3. The Bertz CT molecular complexity index is 391. The summed E-state index contributed by atoms with van der Waals surface area (Å²) < 4.78 is 0. The fourth-order valence-electron chi connectivity index (χ4n) is 2.52. The van der Waals surface area contributed by atoms with Gasteiger partial charge in [0.05, 0.1) is 6.07 Å². The van der Waals surface area contributed by atoms with E-state index in [9.17, 15) is 14.9 Å². The third-order valence-corrected chi connectivity index (χ3v) is 3.81. The minimum absolute atomic E-state index is 0.0559. The lowest BCUT2D eigenvalue weighted by Crippen LogP contribution is -2.40. The number of carbonyl (C=O) groups is 2. The highest BCUT2D eigenvalue weighted by Gasteiger charge is 2.36. The summed E-state index contributed by atoms with van der Waals surface area (Å²) in [5.74, 6) is -0.128. The number of nitrogens with zero attached hydrogens (tertiary/aromatic N) is 1. The van der Waals surface area contributed by atoms with Gasteiger partial charge in [-0.3, -0.25) is 9.59 Å². The van der Waals surface area contributed by atoms with Gasteiger partial charge in [-0.1, -0.05) is 26.7 Å². The van der Waals surface area contributed by atoms with E-state index in [1.165, 1.54) is 0 Å². The van der Waals surface area contributed by atoms with Crippen molar-refractivity contribution in [2.75, 3.05) is 6.54 Å². The average Bonchev–Trinajstić information content (AvgIpc) is 3.26. The Labute approximate surface area is 127 Å². The second-order valence-electron chi connectivity index (χ2n) is 5.90. The fourth-order valence-corrected chi connectivity index (χ4v) is 2.52. The molecule has 0 radical (unpaired) electrons. The first-order chi connectivity index (χ1) is 10.1. The summed E-state index contributed by atoms with van der Waals surface area (Å²) >= 11 is 0. The second kappa shape index (κ2) is 8.66. The van der Waals surface area contributed by atoms with E-state index in [0.29, 0.717) is 38.3 Å². The van der Waals surface area contributed by atoms with Gasteiger partial charge in [-0.05, 0) is 32.1 Å². The van der Waals surface area contributed by atoms with Gasteiger partial charge in [0.15, 0.2) is 0 Å². The third-order valence-electron chi connectivity index (χ3n) is 3.81. The van der Waals surface area contributed by atoms with Crippen LogP contribution in [-0.2, 0) is 9.59 Å². The van der Waals surface area contributed by atoms with Gasteiger partial charge in [0.1, 0.15) is 5.41 Å². The fraction of sp³-hybridized carbons (Fsp3) is 0.812. The van der Waals surface area contributed by atoms with E-state index in [0.717, 1.165) is 25.7 Å². The molecule has 0 aromatic rings. The van der Waals surface area contributed by atoms with Crippen molar-refractivity contribution in [1.82, 2.24) is 10.6 Å². The number of carbonyl (C=O) groups excluding carboxylic acids is 2. The minimum atomic E-state index is -0.903. The van der Waals surface area contributed by atoms with Gasteiger partial charge in [0.2, 0.25) is 11.8 Å². The molecule has 1 aliphatic rings. The molecular formula is C16H27N3O2. The topological polar surface area (TPSA) is 82.0 Å². The molecule has 0 bridgehead atoms. The summed E-state index contributed by atoms with van der Waals surface area (Å²) in [6.07, 6.45) is 6.01. The highest BCUT2D eigenvalue weighted by Crippen LogP contribution is 2.29. The summed E-state index contributed by atoms with van der Waals surface area (Å²) in [6, 6.07) is 2.59. The summed E-state index contributed by atoms with van der Waals surface area (Å²) in [6.45, 7) is 4.42.